The Labute approximate surface area is 89.2 Å². The summed E-state index contributed by atoms with van der Waals surface area (Å²) >= 11 is 0. The molecule has 2 rings (SSSR count). The maximum atomic E-state index is 11.5. The Bertz CT molecular complexity index is 274. The van der Waals surface area contributed by atoms with Crippen molar-refractivity contribution < 1.29 is 9.59 Å². The van der Waals surface area contributed by atoms with E-state index in [9.17, 15) is 9.59 Å². The molecule has 2 fully saturated rings. The van der Waals surface area contributed by atoms with E-state index < -0.39 is 0 Å². The number of rotatable bonds is 1. The second-order valence-corrected chi connectivity index (χ2v) is 4.24. The van der Waals surface area contributed by atoms with Gasteiger partial charge in [-0.1, -0.05) is 0 Å². The average molecular weight is 211 g/mol. The number of nitrogens with one attached hydrogen (secondary N) is 2. The number of imide groups is 1. The first-order valence-electron chi connectivity index (χ1n) is 5.48. The Morgan fingerprint density at radius 3 is 2.60 bits per heavy atom. The molecule has 2 heterocycles. The van der Waals surface area contributed by atoms with Crippen molar-refractivity contribution in [2.45, 2.75) is 31.8 Å². The standard InChI is InChI=1S/C10H17N3O2/c1-7-10(15)12-9(14)6-13(7)8-2-4-11-5-3-8/h7-8,11H,2-6H2,1H3,(H,12,14,15). The summed E-state index contributed by atoms with van der Waals surface area (Å²) in [6.07, 6.45) is 2.04. The van der Waals surface area contributed by atoms with Crippen LogP contribution in [0.3, 0.4) is 0 Å². The highest BCUT2D eigenvalue weighted by Gasteiger charge is 2.35. The maximum Gasteiger partial charge on any atom is 0.243 e. The monoisotopic (exact) mass is 211 g/mol. The first-order chi connectivity index (χ1) is 7.18. The lowest BCUT2D eigenvalue weighted by molar-refractivity contribution is -0.141. The SMILES string of the molecule is CC1C(=O)NC(=O)CN1C1CCNCC1. The summed E-state index contributed by atoms with van der Waals surface area (Å²) in [4.78, 5) is 24.8. The predicted octanol–water partition coefficient (Wildman–Crippen LogP) is -0.915. The molecule has 2 N–H and O–H groups in total. The van der Waals surface area contributed by atoms with E-state index in [1.54, 1.807) is 0 Å². The van der Waals surface area contributed by atoms with Crippen LogP contribution in [0, 0.1) is 0 Å². The third-order valence-corrected chi connectivity index (χ3v) is 3.24. The number of hydrogen-bond donors (Lipinski definition) is 2. The number of piperazine rings is 1. The molecular formula is C10H17N3O2. The molecule has 0 aromatic rings. The van der Waals surface area contributed by atoms with Gasteiger partial charge in [0.1, 0.15) is 0 Å². The topological polar surface area (TPSA) is 61.4 Å². The number of nitrogens with zero attached hydrogens (tertiary/aromatic N) is 1. The molecule has 0 spiro atoms. The summed E-state index contributed by atoms with van der Waals surface area (Å²) in [6.45, 7) is 4.18. The molecular weight excluding hydrogens is 194 g/mol. The lowest BCUT2D eigenvalue weighted by Crippen LogP contribution is -2.61. The molecule has 2 saturated heterocycles. The summed E-state index contributed by atoms with van der Waals surface area (Å²) in [5, 5.41) is 5.64. The highest BCUT2D eigenvalue weighted by Crippen LogP contribution is 2.16. The van der Waals surface area contributed by atoms with Crippen LogP contribution in [0.1, 0.15) is 19.8 Å². The van der Waals surface area contributed by atoms with E-state index in [4.69, 9.17) is 0 Å². The molecule has 2 aliphatic heterocycles. The van der Waals surface area contributed by atoms with Crippen LogP contribution in [0.25, 0.3) is 0 Å². The molecule has 2 amide bonds. The normalized spacial score (nSPS) is 30.3. The molecule has 0 bridgehead atoms. The van der Waals surface area contributed by atoms with Crippen LogP contribution < -0.4 is 10.6 Å². The zero-order valence-corrected chi connectivity index (χ0v) is 8.95. The van der Waals surface area contributed by atoms with Crippen LogP contribution in [0.2, 0.25) is 0 Å². The van der Waals surface area contributed by atoms with Crippen molar-refractivity contribution in [3.8, 4) is 0 Å². The van der Waals surface area contributed by atoms with Crippen LogP contribution in [0.5, 0.6) is 0 Å². The molecule has 2 aliphatic rings. The minimum absolute atomic E-state index is 0.162. The van der Waals surface area contributed by atoms with Crippen molar-refractivity contribution >= 4 is 11.8 Å². The molecule has 1 unspecified atom stereocenters. The minimum atomic E-state index is -0.175. The summed E-state index contributed by atoms with van der Waals surface area (Å²) in [5.41, 5.74) is 0. The molecule has 0 saturated carbocycles. The van der Waals surface area contributed by atoms with Gasteiger partial charge >= 0.3 is 0 Å². The van der Waals surface area contributed by atoms with Crippen molar-refractivity contribution in [1.29, 1.82) is 0 Å². The molecule has 5 nitrogen and oxygen atoms in total. The van der Waals surface area contributed by atoms with Crippen LogP contribution >= 0.6 is 0 Å². The van der Waals surface area contributed by atoms with Gasteiger partial charge in [-0.2, -0.15) is 0 Å². The van der Waals surface area contributed by atoms with Crippen LogP contribution in [-0.4, -0.2) is 48.4 Å². The fraction of sp³-hybridized carbons (Fsp3) is 0.800. The molecule has 84 valence electrons. The van der Waals surface area contributed by atoms with Crippen LogP contribution in [0.4, 0.5) is 0 Å². The fourth-order valence-corrected chi connectivity index (χ4v) is 2.32. The Kier molecular flexibility index (Phi) is 3.02. The second-order valence-electron chi connectivity index (χ2n) is 4.24. The number of amides is 2. The average Bonchev–Trinajstić information content (AvgIpc) is 2.24. The lowest BCUT2D eigenvalue weighted by Gasteiger charge is -2.39. The summed E-state index contributed by atoms with van der Waals surface area (Å²) in [6, 6.07) is 0.196. The van der Waals surface area contributed by atoms with Gasteiger partial charge in [0.2, 0.25) is 11.8 Å². The van der Waals surface area contributed by atoms with Gasteiger partial charge in [0.25, 0.3) is 0 Å². The van der Waals surface area contributed by atoms with Crippen molar-refractivity contribution in [3.63, 3.8) is 0 Å². The van der Waals surface area contributed by atoms with E-state index in [1.165, 1.54) is 0 Å². The van der Waals surface area contributed by atoms with E-state index in [-0.39, 0.29) is 17.9 Å². The van der Waals surface area contributed by atoms with Crippen LogP contribution in [0.15, 0.2) is 0 Å². The zero-order valence-electron chi connectivity index (χ0n) is 8.95. The van der Waals surface area contributed by atoms with Crippen molar-refractivity contribution in [3.05, 3.63) is 0 Å². The molecule has 0 aromatic carbocycles. The molecule has 15 heavy (non-hydrogen) atoms. The minimum Gasteiger partial charge on any atom is -0.317 e. The number of hydrogen-bond acceptors (Lipinski definition) is 4. The maximum absolute atomic E-state index is 11.5. The van der Waals surface area contributed by atoms with Gasteiger partial charge in [-0.25, -0.2) is 0 Å². The van der Waals surface area contributed by atoms with Gasteiger partial charge in [-0.05, 0) is 32.9 Å². The van der Waals surface area contributed by atoms with Gasteiger partial charge in [-0.15, -0.1) is 0 Å². The largest absolute Gasteiger partial charge is 0.317 e. The molecule has 5 heteroatoms. The first-order valence-corrected chi connectivity index (χ1v) is 5.48. The quantitative estimate of drug-likeness (QED) is 0.551. The van der Waals surface area contributed by atoms with E-state index in [0.29, 0.717) is 12.6 Å². The third kappa shape index (κ3) is 2.18. The predicted molar refractivity (Wildman–Crippen MR) is 55.2 cm³/mol. The van der Waals surface area contributed by atoms with Crippen molar-refractivity contribution in [2.24, 2.45) is 0 Å². The summed E-state index contributed by atoms with van der Waals surface area (Å²) < 4.78 is 0. The first kappa shape index (κ1) is 10.6. The number of carbonyl (C=O) groups excluding carboxylic acids is 2. The van der Waals surface area contributed by atoms with Gasteiger partial charge in [-0.3, -0.25) is 19.8 Å². The van der Waals surface area contributed by atoms with Crippen LogP contribution in [-0.2, 0) is 9.59 Å². The van der Waals surface area contributed by atoms with E-state index in [1.807, 2.05) is 11.8 Å². The fourth-order valence-electron chi connectivity index (χ4n) is 2.32. The van der Waals surface area contributed by atoms with Crippen molar-refractivity contribution in [2.75, 3.05) is 19.6 Å². The Morgan fingerprint density at radius 1 is 1.27 bits per heavy atom. The second kappa shape index (κ2) is 4.28. The number of piperidine rings is 1. The van der Waals surface area contributed by atoms with E-state index >= 15 is 0 Å². The highest BCUT2D eigenvalue weighted by atomic mass is 16.2. The van der Waals surface area contributed by atoms with Gasteiger partial charge in [0.05, 0.1) is 12.6 Å². The van der Waals surface area contributed by atoms with Gasteiger partial charge < -0.3 is 5.32 Å². The number of carbonyl (C=O) groups is 2. The molecule has 0 radical (unpaired) electrons. The Hall–Kier alpha value is -0.940. The third-order valence-electron chi connectivity index (χ3n) is 3.24. The van der Waals surface area contributed by atoms with Gasteiger partial charge in [0.15, 0.2) is 0 Å². The molecule has 0 aliphatic carbocycles. The van der Waals surface area contributed by atoms with Crippen molar-refractivity contribution in [1.82, 2.24) is 15.5 Å². The smallest absolute Gasteiger partial charge is 0.243 e. The van der Waals surface area contributed by atoms with E-state index in [0.717, 1.165) is 25.9 Å². The Balaban J connectivity index is 2.05. The molecule has 0 aromatic heterocycles. The zero-order chi connectivity index (χ0) is 10.8. The lowest BCUT2D eigenvalue weighted by atomic mass is 10.0. The summed E-state index contributed by atoms with van der Waals surface area (Å²) in [5.74, 6) is -0.332. The van der Waals surface area contributed by atoms with Gasteiger partial charge in [0, 0.05) is 6.04 Å². The summed E-state index contributed by atoms with van der Waals surface area (Å²) in [7, 11) is 0. The van der Waals surface area contributed by atoms with E-state index in [2.05, 4.69) is 10.6 Å². The highest BCUT2D eigenvalue weighted by molar-refractivity contribution is 6.00. The molecule has 1 atom stereocenters. The Morgan fingerprint density at radius 2 is 1.93 bits per heavy atom.